The van der Waals surface area contributed by atoms with Crippen molar-refractivity contribution in [1.82, 2.24) is 0 Å². The molecule has 2 aromatic rings. The highest BCUT2D eigenvalue weighted by Gasteiger charge is 2.32. The quantitative estimate of drug-likeness (QED) is 0.879. The molecule has 0 amide bonds. The molecular weight excluding hydrogens is 274 g/mol. The number of fused-ring (bicyclic) bond motifs is 1. The Morgan fingerprint density at radius 2 is 1.68 bits per heavy atom. The van der Waals surface area contributed by atoms with E-state index in [9.17, 15) is 17.2 Å². The molecule has 0 saturated carbocycles. The Labute approximate surface area is 109 Å². The number of alkyl halides is 2. The number of halogens is 2. The normalized spacial score (nSPS) is 13.9. The Kier molecular flexibility index (Phi) is 3.82. The fraction of sp³-hybridized carbons (Fsp3) is 0.231. The molecule has 0 bridgehead atoms. The maximum absolute atomic E-state index is 12.7. The van der Waals surface area contributed by atoms with Crippen LogP contribution in [-0.2, 0) is 16.5 Å². The van der Waals surface area contributed by atoms with Gasteiger partial charge >= 0.3 is 0 Å². The summed E-state index contributed by atoms with van der Waals surface area (Å²) in [5.41, 5.74) is 0.446. The smallest absolute Gasteiger partial charge is 0.273 e. The van der Waals surface area contributed by atoms with Gasteiger partial charge in [0.15, 0.2) is 5.25 Å². The third-order valence-electron chi connectivity index (χ3n) is 2.91. The summed E-state index contributed by atoms with van der Waals surface area (Å²) in [6.45, 7) is 0. The molecule has 1 atom stereocenters. The summed E-state index contributed by atoms with van der Waals surface area (Å²) in [6, 6.07) is 12.3. The van der Waals surface area contributed by atoms with Crippen molar-refractivity contribution in [3.05, 3.63) is 48.0 Å². The van der Waals surface area contributed by atoms with E-state index in [2.05, 4.69) is 0 Å². The Morgan fingerprint density at radius 1 is 1.05 bits per heavy atom. The first-order valence-electron chi connectivity index (χ1n) is 5.60. The van der Waals surface area contributed by atoms with Crippen LogP contribution in [0.1, 0.15) is 5.56 Å². The maximum atomic E-state index is 12.7. The summed E-state index contributed by atoms with van der Waals surface area (Å²) in [6.07, 6.45) is -3.54. The van der Waals surface area contributed by atoms with Crippen LogP contribution in [0.3, 0.4) is 0 Å². The zero-order chi connectivity index (χ0) is 14.0. The zero-order valence-corrected chi connectivity index (χ0v) is 10.6. The fourth-order valence-electron chi connectivity index (χ4n) is 1.92. The van der Waals surface area contributed by atoms with Crippen LogP contribution >= 0.6 is 0 Å². The van der Waals surface area contributed by atoms with Crippen molar-refractivity contribution in [2.75, 3.05) is 0 Å². The topological polar surface area (TPSA) is 54.4 Å². The number of hydrogen-bond donors (Lipinski definition) is 1. The molecule has 0 aliphatic heterocycles. The molecule has 0 radical (unpaired) electrons. The predicted octanol–water partition coefficient (Wildman–Crippen LogP) is 2.90. The van der Waals surface area contributed by atoms with Crippen molar-refractivity contribution in [3.8, 4) is 0 Å². The third kappa shape index (κ3) is 3.27. The highest BCUT2D eigenvalue weighted by Crippen LogP contribution is 2.20. The van der Waals surface area contributed by atoms with Crippen molar-refractivity contribution in [1.29, 1.82) is 0 Å². The fourth-order valence-corrected chi connectivity index (χ4v) is 2.59. The molecule has 2 rings (SSSR count). The molecule has 0 aliphatic carbocycles. The molecule has 1 N–H and O–H groups in total. The number of rotatable bonds is 4. The molecule has 0 heterocycles. The molecule has 0 fully saturated rings. The Morgan fingerprint density at radius 3 is 2.26 bits per heavy atom. The van der Waals surface area contributed by atoms with Gasteiger partial charge in [0.2, 0.25) is 0 Å². The molecule has 102 valence electrons. The van der Waals surface area contributed by atoms with Gasteiger partial charge in [-0.15, -0.1) is 0 Å². The summed E-state index contributed by atoms with van der Waals surface area (Å²) in [7, 11) is -4.77. The minimum Gasteiger partial charge on any atom is -0.285 e. The van der Waals surface area contributed by atoms with Crippen molar-refractivity contribution in [2.45, 2.75) is 18.1 Å². The molecule has 0 aliphatic rings. The van der Waals surface area contributed by atoms with Crippen LogP contribution in [0.4, 0.5) is 8.78 Å². The van der Waals surface area contributed by atoms with Gasteiger partial charge in [-0.2, -0.15) is 8.42 Å². The average molecular weight is 286 g/mol. The predicted molar refractivity (Wildman–Crippen MR) is 69.0 cm³/mol. The van der Waals surface area contributed by atoms with Crippen LogP contribution < -0.4 is 0 Å². The van der Waals surface area contributed by atoms with Gasteiger partial charge in [0.1, 0.15) is 0 Å². The second-order valence-electron chi connectivity index (χ2n) is 4.27. The van der Waals surface area contributed by atoms with E-state index in [1.807, 2.05) is 18.2 Å². The number of benzene rings is 2. The summed E-state index contributed by atoms with van der Waals surface area (Å²) in [4.78, 5) is 0. The lowest BCUT2D eigenvalue weighted by Crippen LogP contribution is -2.30. The van der Waals surface area contributed by atoms with Gasteiger partial charge in [-0.3, -0.25) is 4.55 Å². The zero-order valence-electron chi connectivity index (χ0n) is 9.83. The van der Waals surface area contributed by atoms with Gasteiger partial charge < -0.3 is 0 Å². The van der Waals surface area contributed by atoms with Gasteiger partial charge in [-0.25, -0.2) is 8.78 Å². The van der Waals surface area contributed by atoms with Crippen molar-refractivity contribution in [2.24, 2.45) is 0 Å². The molecule has 3 nitrogen and oxygen atoms in total. The minimum absolute atomic E-state index is 0.415. The van der Waals surface area contributed by atoms with E-state index in [1.165, 1.54) is 0 Å². The van der Waals surface area contributed by atoms with Crippen molar-refractivity contribution < 1.29 is 21.8 Å². The van der Waals surface area contributed by atoms with Gasteiger partial charge in [0.25, 0.3) is 16.5 Å². The van der Waals surface area contributed by atoms with Crippen molar-refractivity contribution in [3.63, 3.8) is 0 Å². The van der Waals surface area contributed by atoms with E-state index in [4.69, 9.17) is 4.55 Å². The Balaban J connectivity index is 2.34. The van der Waals surface area contributed by atoms with E-state index >= 15 is 0 Å². The van der Waals surface area contributed by atoms with E-state index < -0.39 is 28.2 Å². The summed E-state index contributed by atoms with van der Waals surface area (Å²) >= 11 is 0. The molecular formula is C13H12F2O3S. The lowest BCUT2D eigenvalue weighted by molar-refractivity contribution is 0.137. The molecule has 0 aromatic heterocycles. The first-order chi connectivity index (χ1) is 8.88. The van der Waals surface area contributed by atoms with Gasteiger partial charge in [-0.05, 0) is 22.8 Å². The van der Waals surface area contributed by atoms with Crippen LogP contribution in [0.25, 0.3) is 10.8 Å². The highest BCUT2D eigenvalue weighted by atomic mass is 32.2. The average Bonchev–Trinajstić information content (AvgIpc) is 2.34. The summed E-state index contributed by atoms with van der Waals surface area (Å²) < 4.78 is 56.0. The molecule has 19 heavy (non-hydrogen) atoms. The van der Waals surface area contributed by atoms with Gasteiger partial charge in [0.05, 0.1) is 0 Å². The monoisotopic (exact) mass is 286 g/mol. The maximum Gasteiger partial charge on any atom is 0.273 e. The Bertz CT molecular complexity index is 683. The molecule has 0 spiro atoms. The first kappa shape index (κ1) is 13.9. The van der Waals surface area contributed by atoms with E-state index in [1.54, 1.807) is 24.3 Å². The summed E-state index contributed by atoms with van der Waals surface area (Å²) in [5, 5.41) is -0.316. The largest absolute Gasteiger partial charge is 0.285 e. The van der Waals surface area contributed by atoms with E-state index in [0.29, 0.717) is 5.56 Å². The van der Waals surface area contributed by atoms with Crippen LogP contribution in [0.5, 0.6) is 0 Å². The highest BCUT2D eigenvalue weighted by molar-refractivity contribution is 7.86. The first-order valence-corrected chi connectivity index (χ1v) is 7.10. The lowest BCUT2D eigenvalue weighted by atomic mass is 10.0. The van der Waals surface area contributed by atoms with Crippen LogP contribution in [0.15, 0.2) is 42.5 Å². The van der Waals surface area contributed by atoms with Crippen LogP contribution in [-0.4, -0.2) is 24.6 Å². The van der Waals surface area contributed by atoms with E-state index in [0.717, 1.165) is 10.8 Å². The standard InChI is InChI=1S/C13H12F2O3S/c14-13(15)12(19(16,17)18)8-9-5-6-10-3-1-2-4-11(10)7-9/h1-7,12-13H,8H2,(H,16,17,18). The molecule has 1 unspecified atom stereocenters. The van der Waals surface area contributed by atoms with E-state index in [-0.39, 0.29) is 0 Å². The number of hydrogen-bond acceptors (Lipinski definition) is 2. The van der Waals surface area contributed by atoms with Gasteiger partial charge in [-0.1, -0.05) is 42.5 Å². The second kappa shape index (κ2) is 5.22. The van der Waals surface area contributed by atoms with Crippen molar-refractivity contribution >= 4 is 20.9 Å². The SMILES string of the molecule is O=S(=O)(O)C(Cc1ccc2ccccc2c1)C(F)F. The van der Waals surface area contributed by atoms with Crippen LogP contribution in [0.2, 0.25) is 0 Å². The lowest BCUT2D eigenvalue weighted by Gasteiger charge is -2.13. The molecule has 2 aromatic carbocycles. The Hall–Kier alpha value is -1.53. The van der Waals surface area contributed by atoms with Crippen LogP contribution in [0, 0.1) is 0 Å². The summed E-state index contributed by atoms with van der Waals surface area (Å²) in [5.74, 6) is 0. The minimum atomic E-state index is -4.77. The third-order valence-corrected chi connectivity index (χ3v) is 4.05. The molecule has 0 saturated heterocycles. The second-order valence-corrected chi connectivity index (χ2v) is 5.91. The van der Waals surface area contributed by atoms with Gasteiger partial charge in [0, 0.05) is 0 Å². The molecule has 6 heteroatoms.